The maximum absolute atomic E-state index is 4.55. The van der Waals surface area contributed by atoms with Gasteiger partial charge in [-0.3, -0.25) is 0 Å². The Balaban J connectivity index is 2.72. The second-order valence-electron chi connectivity index (χ2n) is 5.12. The molecule has 80 valence electrons. The van der Waals surface area contributed by atoms with E-state index in [0.29, 0.717) is 0 Å². The van der Waals surface area contributed by atoms with Crippen molar-refractivity contribution in [2.75, 3.05) is 0 Å². The van der Waals surface area contributed by atoms with Crippen LogP contribution < -0.4 is 0 Å². The zero-order chi connectivity index (χ0) is 11.2. The van der Waals surface area contributed by atoms with Gasteiger partial charge in [0.1, 0.15) is 0 Å². The SMILES string of the molecule is Cc1nc2c(C)cc(C(C)(C)C)cc2s1. The van der Waals surface area contributed by atoms with E-state index in [1.807, 2.05) is 0 Å². The summed E-state index contributed by atoms with van der Waals surface area (Å²) in [6.45, 7) is 11.0. The third-order valence-electron chi connectivity index (χ3n) is 2.66. The number of thiazole rings is 1. The average molecular weight is 219 g/mol. The lowest BCUT2D eigenvalue weighted by molar-refractivity contribution is 0.590. The Morgan fingerprint density at radius 3 is 2.40 bits per heavy atom. The molecule has 1 nitrogen and oxygen atoms in total. The molecule has 0 amide bonds. The third kappa shape index (κ3) is 1.91. The minimum atomic E-state index is 0.219. The fourth-order valence-electron chi connectivity index (χ4n) is 1.74. The van der Waals surface area contributed by atoms with E-state index in [1.165, 1.54) is 21.3 Å². The molecule has 0 aliphatic carbocycles. The van der Waals surface area contributed by atoms with Gasteiger partial charge in [0.15, 0.2) is 0 Å². The number of benzene rings is 1. The van der Waals surface area contributed by atoms with E-state index in [1.54, 1.807) is 11.3 Å². The Hall–Kier alpha value is -0.890. The third-order valence-corrected chi connectivity index (χ3v) is 3.58. The summed E-state index contributed by atoms with van der Waals surface area (Å²) in [5.41, 5.74) is 4.08. The van der Waals surface area contributed by atoms with Gasteiger partial charge < -0.3 is 0 Å². The van der Waals surface area contributed by atoms with Crippen LogP contribution in [0.25, 0.3) is 10.2 Å². The van der Waals surface area contributed by atoms with Crippen LogP contribution in [0.3, 0.4) is 0 Å². The van der Waals surface area contributed by atoms with Crippen molar-refractivity contribution in [1.29, 1.82) is 0 Å². The lowest BCUT2D eigenvalue weighted by atomic mass is 9.86. The van der Waals surface area contributed by atoms with E-state index in [0.717, 1.165) is 5.01 Å². The molecule has 0 atom stereocenters. The Kier molecular flexibility index (Phi) is 2.34. The molecule has 0 radical (unpaired) electrons. The smallest absolute Gasteiger partial charge is 0.0907 e. The number of aryl methyl sites for hydroxylation is 2. The van der Waals surface area contributed by atoms with E-state index in [-0.39, 0.29) is 5.41 Å². The van der Waals surface area contributed by atoms with Crippen molar-refractivity contribution in [3.63, 3.8) is 0 Å². The lowest BCUT2D eigenvalue weighted by Crippen LogP contribution is -2.10. The van der Waals surface area contributed by atoms with E-state index < -0.39 is 0 Å². The monoisotopic (exact) mass is 219 g/mol. The molecule has 0 fully saturated rings. The van der Waals surface area contributed by atoms with Crippen molar-refractivity contribution in [3.05, 3.63) is 28.3 Å². The van der Waals surface area contributed by atoms with Crippen LogP contribution >= 0.6 is 11.3 Å². The maximum atomic E-state index is 4.55. The molecule has 1 aromatic carbocycles. The van der Waals surface area contributed by atoms with Crippen molar-refractivity contribution in [2.24, 2.45) is 0 Å². The van der Waals surface area contributed by atoms with Crippen LogP contribution in [0.1, 0.15) is 36.9 Å². The summed E-state index contributed by atoms with van der Waals surface area (Å²) in [5.74, 6) is 0. The Bertz CT molecular complexity index is 503. The fourth-order valence-corrected chi connectivity index (χ4v) is 2.69. The van der Waals surface area contributed by atoms with Crippen LogP contribution in [0.5, 0.6) is 0 Å². The molecule has 0 bridgehead atoms. The zero-order valence-corrected chi connectivity index (χ0v) is 10.8. The van der Waals surface area contributed by atoms with Crippen LogP contribution in [-0.4, -0.2) is 4.98 Å². The predicted octanol–water partition coefficient (Wildman–Crippen LogP) is 4.21. The molecule has 0 saturated carbocycles. The normalized spacial score (nSPS) is 12.3. The van der Waals surface area contributed by atoms with Gasteiger partial charge >= 0.3 is 0 Å². The second-order valence-corrected chi connectivity index (χ2v) is 6.36. The molecule has 15 heavy (non-hydrogen) atoms. The molecule has 2 aromatic rings. The molecule has 0 spiro atoms. The molecule has 1 aromatic heterocycles. The summed E-state index contributed by atoms with van der Waals surface area (Å²) in [7, 11) is 0. The van der Waals surface area contributed by atoms with Gasteiger partial charge in [0.25, 0.3) is 0 Å². The Morgan fingerprint density at radius 2 is 1.80 bits per heavy atom. The van der Waals surface area contributed by atoms with Gasteiger partial charge in [-0.2, -0.15) is 0 Å². The highest BCUT2D eigenvalue weighted by Gasteiger charge is 2.16. The van der Waals surface area contributed by atoms with E-state index in [4.69, 9.17) is 0 Å². The zero-order valence-electron chi connectivity index (χ0n) is 10.0. The molecular formula is C13H17NS. The first kappa shape index (κ1) is 10.6. The highest BCUT2D eigenvalue weighted by atomic mass is 32.1. The van der Waals surface area contributed by atoms with Crippen molar-refractivity contribution in [1.82, 2.24) is 4.98 Å². The van der Waals surface area contributed by atoms with E-state index >= 15 is 0 Å². The molecule has 0 saturated heterocycles. The van der Waals surface area contributed by atoms with E-state index in [2.05, 4.69) is 51.7 Å². The quantitative estimate of drug-likeness (QED) is 0.646. The minimum absolute atomic E-state index is 0.219. The number of rotatable bonds is 0. The van der Waals surface area contributed by atoms with Crippen molar-refractivity contribution < 1.29 is 0 Å². The van der Waals surface area contributed by atoms with Crippen LogP contribution in [-0.2, 0) is 5.41 Å². The summed E-state index contributed by atoms with van der Waals surface area (Å²) >= 11 is 1.79. The van der Waals surface area contributed by atoms with Crippen LogP contribution in [0.2, 0.25) is 0 Å². The van der Waals surface area contributed by atoms with Gasteiger partial charge in [0.05, 0.1) is 15.2 Å². The summed E-state index contributed by atoms with van der Waals surface area (Å²) in [6.07, 6.45) is 0. The van der Waals surface area contributed by atoms with Gasteiger partial charge in [-0.05, 0) is 36.5 Å². The fraction of sp³-hybridized carbons (Fsp3) is 0.462. The standard InChI is InChI=1S/C13H17NS/c1-8-6-10(13(3,4)5)7-11-12(8)14-9(2)15-11/h6-7H,1-5H3. The lowest BCUT2D eigenvalue weighted by Gasteiger charge is -2.19. The average Bonchev–Trinajstić information content (AvgIpc) is 2.44. The summed E-state index contributed by atoms with van der Waals surface area (Å²) in [4.78, 5) is 4.55. The van der Waals surface area contributed by atoms with Gasteiger partial charge in [-0.15, -0.1) is 11.3 Å². The first-order chi connectivity index (χ1) is 6.88. The highest BCUT2D eigenvalue weighted by molar-refractivity contribution is 7.18. The number of aromatic nitrogens is 1. The maximum Gasteiger partial charge on any atom is 0.0907 e. The molecule has 2 rings (SSSR count). The second kappa shape index (κ2) is 3.31. The number of hydrogen-bond acceptors (Lipinski definition) is 2. The molecule has 0 aliphatic rings. The van der Waals surface area contributed by atoms with Crippen LogP contribution in [0.4, 0.5) is 0 Å². The first-order valence-corrected chi connectivity index (χ1v) is 6.08. The van der Waals surface area contributed by atoms with Crippen LogP contribution in [0.15, 0.2) is 12.1 Å². The molecule has 2 heteroatoms. The van der Waals surface area contributed by atoms with Gasteiger partial charge in [-0.25, -0.2) is 4.98 Å². The largest absolute Gasteiger partial charge is 0.241 e. The number of fused-ring (bicyclic) bond motifs is 1. The topological polar surface area (TPSA) is 12.9 Å². The molecule has 0 aliphatic heterocycles. The minimum Gasteiger partial charge on any atom is -0.241 e. The Morgan fingerprint density at radius 1 is 1.13 bits per heavy atom. The van der Waals surface area contributed by atoms with E-state index in [9.17, 15) is 0 Å². The van der Waals surface area contributed by atoms with Crippen molar-refractivity contribution in [2.45, 2.75) is 40.0 Å². The van der Waals surface area contributed by atoms with Gasteiger partial charge in [0.2, 0.25) is 0 Å². The highest BCUT2D eigenvalue weighted by Crippen LogP contribution is 2.31. The summed E-state index contributed by atoms with van der Waals surface area (Å²) in [6, 6.07) is 4.55. The summed E-state index contributed by atoms with van der Waals surface area (Å²) < 4.78 is 1.32. The molecular weight excluding hydrogens is 202 g/mol. The molecule has 0 unspecified atom stereocenters. The first-order valence-electron chi connectivity index (χ1n) is 5.26. The van der Waals surface area contributed by atoms with Gasteiger partial charge in [-0.1, -0.05) is 26.8 Å². The number of nitrogens with zero attached hydrogens (tertiary/aromatic N) is 1. The molecule has 1 heterocycles. The van der Waals surface area contributed by atoms with Gasteiger partial charge in [0, 0.05) is 0 Å². The van der Waals surface area contributed by atoms with Crippen LogP contribution in [0, 0.1) is 13.8 Å². The predicted molar refractivity (Wildman–Crippen MR) is 67.8 cm³/mol. The number of hydrogen-bond donors (Lipinski definition) is 0. The van der Waals surface area contributed by atoms with Crippen molar-refractivity contribution >= 4 is 21.6 Å². The van der Waals surface area contributed by atoms with Crippen molar-refractivity contribution in [3.8, 4) is 0 Å². The Labute approximate surface area is 95.2 Å². The summed E-state index contributed by atoms with van der Waals surface area (Å²) in [5, 5.41) is 1.15. The molecule has 0 N–H and O–H groups in total.